The molecule has 0 aliphatic carbocycles. The Labute approximate surface area is 74.0 Å². The second-order valence-corrected chi connectivity index (χ2v) is 2.43. The van der Waals surface area contributed by atoms with E-state index < -0.39 is 5.97 Å². The monoisotopic (exact) mass is 177 g/mol. The Kier molecular flexibility index (Phi) is 1.70. The van der Waals surface area contributed by atoms with Crippen LogP contribution in [0.1, 0.15) is 10.5 Å². The Morgan fingerprint density at radius 2 is 2.08 bits per heavy atom. The number of hydrogen-bond donors (Lipinski definition) is 0. The number of aromatic nitrogens is 3. The van der Waals surface area contributed by atoms with Gasteiger partial charge in [0.1, 0.15) is 0 Å². The number of fused-ring (bicyclic) bond motifs is 1. The van der Waals surface area contributed by atoms with Crippen molar-refractivity contribution < 1.29 is 9.53 Å². The minimum atomic E-state index is -0.475. The lowest BCUT2D eigenvalue weighted by molar-refractivity contribution is 0.0595. The van der Waals surface area contributed by atoms with Crippen LogP contribution in [0.3, 0.4) is 0 Å². The van der Waals surface area contributed by atoms with Gasteiger partial charge in [-0.2, -0.15) is 0 Å². The van der Waals surface area contributed by atoms with Crippen LogP contribution in [0.25, 0.3) is 5.65 Å². The van der Waals surface area contributed by atoms with E-state index in [4.69, 9.17) is 0 Å². The van der Waals surface area contributed by atoms with Crippen molar-refractivity contribution in [1.82, 2.24) is 14.4 Å². The molecule has 0 unspecified atom stereocenters. The van der Waals surface area contributed by atoms with Crippen LogP contribution in [-0.2, 0) is 4.74 Å². The van der Waals surface area contributed by atoms with E-state index in [2.05, 4.69) is 14.7 Å². The quantitative estimate of drug-likeness (QED) is 0.596. The molecule has 0 saturated heterocycles. The summed E-state index contributed by atoms with van der Waals surface area (Å²) in [6, 6.07) is 0. The van der Waals surface area contributed by atoms with Crippen molar-refractivity contribution in [2.45, 2.75) is 0 Å². The lowest BCUT2D eigenvalue weighted by Crippen LogP contribution is -2.06. The van der Waals surface area contributed by atoms with E-state index in [-0.39, 0.29) is 5.69 Å². The van der Waals surface area contributed by atoms with Crippen LogP contribution in [0.4, 0.5) is 0 Å². The minimum absolute atomic E-state index is 0.231. The molecule has 0 aliphatic rings. The van der Waals surface area contributed by atoms with Gasteiger partial charge < -0.3 is 9.14 Å². The van der Waals surface area contributed by atoms with E-state index in [1.165, 1.54) is 13.3 Å². The number of esters is 1. The van der Waals surface area contributed by atoms with Crippen molar-refractivity contribution >= 4 is 11.6 Å². The highest BCUT2D eigenvalue weighted by molar-refractivity contribution is 5.93. The van der Waals surface area contributed by atoms with E-state index in [1.54, 1.807) is 23.0 Å². The second-order valence-electron chi connectivity index (χ2n) is 2.43. The largest absolute Gasteiger partial charge is 0.464 e. The normalized spacial score (nSPS) is 10.2. The summed E-state index contributed by atoms with van der Waals surface area (Å²) in [5.74, 6) is -0.475. The minimum Gasteiger partial charge on any atom is -0.464 e. The van der Waals surface area contributed by atoms with Crippen molar-refractivity contribution in [1.29, 1.82) is 0 Å². The summed E-state index contributed by atoms with van der Waals surface area (Å²) in [5, 5.41) is 0. The number of methoxy groups -OCH3 is 1. The molecule has 0 fully saturated rings. The molecule has 0 saturated carbocycles. The molecule has 13 heavy (non-hydrogen) atoms. The third-order valence-corrected chi connectivity index (χ3v) is 1.69. The zero-order valence-electron chi connectivity index (χ0n) is 6.97. The van der Waals surface area contributed by atoms with Gasteiger partial charge in [0.05, 0.1) is 7.11 Å². The number of hydrogen-bond acceptors (Lipinski definition) is 4. The van der Waals surface area contributed by atoms with Crippen molar-refractivity contribution in [3.63, 3.8) is 0 Å². The molecule has 5 heteroatoms. The number of nitrogens with zero attached hydrogens (tertiary/aromatic N) is 3. The highest BCUT2D eigenvalue weighted by atomic mass is 16.5. The summed E-state index contributed by atoms with van der Waals surface area (Å²) in [7, 11) is 1.32. The average molecular weight is 177 g/mol. The van der Waals surface area contributed by atoms with Gasteiger partial charge in [-0.1, -0.05) is 0 Å². The number of carbonyl (C=O) groups is 1. The predicted octanol–water partition coefficient (Wildman–Crippen LogP) is 0.516. The van der Waals surface area contributed by atoms with Gasteiger partial charge in [0, 0.05) is 24.8 Å². The fraction of sp³-hybridized carbons (Fsp3) is 0.125. The molecule has 2 aromatic rings. The molecule has 0 radical (unpaired) electrons. The van der Waals surface area contributed by atoms with Crippen LogP contribution < -0.4 is 0 Å². The summed E-state index contributed by atoms with van der Waals surface area (Å²) in [6.07, 6.45) is 6.59. The Bertz CT molecular complexity index is 449. The zero-order chi connectivity index (χ0) is 9.26. The Hall–Kier alpha value is -1.91. The fourth-order valence-corrected chi connectivity index (χ4v) is 1.09. The summed E-state index contributed by atoms with van der Waals surface area (Å²) in [5.41, 5.74) is 0.740. The first-order valence-electron chi connectivity index (χ1n) is 3.69. The van der Waals surface area contributed by atoms with E-state index in [9.17, 15) is 4.79 Å². The van der Waals surface area contributed by atoms with Gasteiger partial charge in [-0.05, 0) is 0 Å². The SMILES string of the molecule is COC(=O)c1nccn2ccnc12. The van der Waals surface area contributed by atoms with Crippen LogP contribution >= 0.6 is 0 Å². The van der Waals surface area contributed by atoms with Crippen LogP contribution in [0, 0.1) is 0 Å². The van der Waals surface area contributed by atoms with Crippen molar-refractivity contribution in [3.8, 4) is 0 Å². The van der Waals surface area contributed by atoms with Crippen molar-refractivity contribution in [2.24, 2.45) is 0 Å². The highest BCUT2D eigenvalue weighted by Gasteiger charge is 2.12. The summed E-state index contributed by atoms with van der Waals surface area (Å²) >= 11 is 0. The maximum atomic E-state index is 11.2. The smallest absolute Gasteiger partial charge is 0.360 e. The molecule has 0 amide bonds. The molecular formula is C8H7N3O2. The summed E-state index contributed by atoms with van der Waals surface area (Å²) < 4.78 is 6.27. The molecule has 5 nitrogen and oxygen atoms in total. The van der Waals surface area contributed by atoms with Crippen molar-refractivity contribution in [3.05, 3.63) is 30.5 Å². The Morgan fingerprint density at radius 1 is 1.38 bits per heavy atom. The van der Waals surface area contributed by atoms with E-state index in [0.717, 1.165) is 0 Å². The number of ether oxygens (including phenoxy) is 1. The maximum Gasteiger partial charge on any atom is 0.360 e. The number of carbonyl (C=O) groups excluding carboxylic acids is 1. The fourth-order valence-electron chi connectivity index (χ4n) is 1.09. The van der Waals surface area contributed by atoms with Gasteiger partial charge in [0.2, 0.25) is 0 Å². The van der Waals surface area contributed by atoms with Gasteiger partial charge in [-0.3, -0.25) is 0 Å². The molecule has 2 rings (SSSR count). The van der Waals surface area contributed by atoms with E-state index in [1.807, 2.05) is 0 Å². The molecule has 0 aromatic carbocycles. The maximum absolute atomic E-state index is 11.2. The first-order valence-corrected chi connectivity index (χ1v) is 3.69. The van der Waals surface area contributed by atoms with Crippen LogP contribution in [0.15, 0.2) is 24.8 Å². The molecule has 0 spiro atoms. The number of imidazole rings is 1. The van der Waals surface area contributed by atoms with Gasteiger partial charge in [-0.15, -0.1) is 0 Å². The van der Waals surface area contributed by atoms with Crippen LogP contribution in [0.5, 0.6) is 0 Å². The second kappa shape index (κ2) is 2.85. The van der Waals surface area contributed by atoms with Gasteiger partial charge in [0.25, 0.3) is 0 Å². The molecule has 2 aromatic heterocycles. The summed E-state index contributed by atoms with van der Waals surface area (Å²) in [6.45, 7) is 0. The van der Waals surface area contributed by atoms with Crippen LogP contribution in [0.2, 0.25) is 0 Å². The standard InChI is InChI=1S/C8H7N3O2/c1-13-8(12)6-7-10-3-5-11(7)4-2-9-6/h2-5H,1H3. The Balaban J connectivity index is 2.67. The summed E-state index contributed by atoms with van der Waals surface area (Å²) in [4.78, 5) is 19.1. The lowest BCUT2D eigenvalue weighted by atomic mass is 10.4. The highest BCUT2D eigenvalue weighted by Crippen LogP contribution is 2.05. The number of rotatable bonds is 1. The Morgan fingerprint density at radius 3 is 2.77 bits per heavy atom. The van der Waals surface area contributed by atoms with Gasteiger partial charge in [0.15, 0.2) is 11.3 Å². The topological polar surface area (TPSA) is 56.5 Å². The zero-order valence-corrected chi connectivity index (χ0v) is 6.97. The van der Waals surface area contributed by atoms with Crippen molar-refractivity contribution in [2.75, 3.05) is 7.11 Å². The van der Waals surface area contributed by atoms with Gasteiger partial charge in [-0.25, -0.2) is 14.8 Å². The molecule has 0 aliphatic heterocycles. The molecule has 66 valence electrons. The lowest BCUT2D eigenvalue weighted by Gasteiger charge is -1.99. The average Bonchev–Trinajstić information content (AvgIpc) is 2.63. The first kappa shape index (κ1) is 7.72. The third-order valence-electron chi connectivity index (χ3n) is 1.69. The molecule has 0 N–H and O–H groups in total. The van der Waals surface area contributed by atoms with E-state index >= 15 is 0 Å². The van der Waals surface area contributed by atoms with E-state index in [0.29, 0.717) is 5.65 Å². The molecular weight excluding hydrogens is 170 g/mol. The molecule has 0 bridgehead atoms. The van der Waals surface area contributed by atoms with Crippen LogP contribution in [-0.4, -0.2) is 27.4 Å². The molecule has 0 atom stereocenters. The predicted molar refractivity (Wildman–Crippen MR) is 44.3 cm³/mol. The van der Waals surface area contributed by atoms with Gasteiger partial charge >= 0.3 is 5.97 Å². The third kappa shape index (κ3) is 1.14. The first-order chi connectivity index (χ1) is 6.33. The molecule has 2 heterocycles.